The number of Topliss-reactive ketones (excluding diaryl/α,β-unsaturated/α-hetero) is 1. The highest BCUT2D eigenvalue weighted by Gasteiger charge is 2.04. The van der Waals surface area contributed by atoms with Crippen LogP contribution in [0.25, 0.3) is 0 Å². The molecule has 0 amide bonds. The molecule has 0 aliphatic rings. The monoisotopic (exact) mass is 214 g/mol. The average molecular weight is 215 g/mol. The molecule has 1 aromatic rings. The minimum atomic E-state index is -0.347. The van der Waals surface area contributed by atoms with Gasteiger partial charge in [-0.05, 0) is 24.1 Å². The summed E-state index contributed by atoms with van der Waals surface area (Å²) in [5, 5.41) is 0.397. The first-order chi connectivity index (χ1) is 6.63. The molecule has 0 bridgehead atoms. The maximum atomic E-state index is 12.7. The van der Waals surface area contributed by atoms with Crippen LogP contribution >= 0.6 is 11.6 Å². The standard InChI is InChI=1S/C11H12ClFO/c1-2-10(14)6-4-8-3-5-9(13)7-11(8)12/h3,5,7H,2,4,6H2,1H3. The molecule has 76 valence electrons. The highest BCUT2D eigenvalue weighted by molar-refractivity contribution is 6.31. The van der Waals surface area contributed by atoms with E-state index in [4.69, 9.17) is 11.6 Å². The Balaban J connectivity index is 2.63. The van der Waals surface area contributed by atoms with Crippen molar-refractivity contribution in [3.8, 4) is 0 Å². The molecule has 0 N–H and O–H groups in total. The first-order valence-corrected chi connectivity index (χ1v) is 4.97. The lowest BCUT2D eigenvalue weighted by molar-refractivity contribution is -0.118. The van der Waals surface area contributed by atoms with Crippen molar-refractivity contribution < 1.29 is 9.18 Å². The van der Waals surface area contributed by atoms with Crippen molar-refractivity contribution >= 4 is 17.4 Å². The third-order valence-electron chi connectivity index (χ3n) is 2.08. The van der Waals surface area contributed by atoms with Crippen molar-refractivity contribution in [3.63, 3.8) is 0 Å². The van der Waals surface area contributed by atoms with Gasteiger partial charge in [-0.1, -0.05) is 24.6 Å². The van der Waals surface area contributed by atoms with Crippen molar-refractivity contribution in [2.75, 3.05) is 0 Å². The highest BCUT2D eigenvalue weighted by Crippen LogP contribution is 2.18. The molecule has 0 unspecified atom stereocenters. The van der Waals surface area contributed by atoms with Gasteiger partial charge in [0.25, 0.3) is 0 Å². The molecule has 0 radical (unpaired) electrons. The third kappa shape index (κ3) is 3.11. The fraction of sp³-hybridized carbons (Fsp3) is 0.364. The van der Waals surface area contributed by atoms with Crippen LogP contribution in [0.2, 0.25) is 5.02 Å². The second kappa shape index (κ2) is 5.11. The third-order valence-corrected chi connectivity index (χ3v) is 2.43. The molecular formula is C11H12ClFO. The first-order valence-electron chi connectivity index (χ1n) is 4.59. The van der Waals surface area contributed by atoms with E-state index in [0.717, 1.165) is 5.56 Å². The highest BCUT2D eigenvalue weighted by atomic mass is 35.5. The Kier molecular flexibility index (Phi) is 4.08. The Bertz CT molecular complexity index is 336. The summed E-state index contributed by atoms with van der Waals surface area (Å²) in [6.07, 6.45) is 1.60. The molecule has 1 rings (SSSR count). The largest absolute Gasteiger partial charge is 0.300 e. The molecule has 0 aliphatic heterocycles. The Morgan fingerprint density at radius 1 is 1.50 bits per heavy atom. The molecule has 0 saturated heterocycles. The summed E-state index contributed by atoms with van der Waals surface area (Å²) in [6, 6.07) is 4.26. The zero-order valence-electron chi connectivity index (χ0n) is 8.02. The number of halogens is 2. The first kappa shape index (κ1) is 11.2. The molecule has 0 aromatic heterocycles. The number of benzene rings is 1. The van der Waals surface area contributed by atoms with Crippen molar-refractivity contribution in [3.05, 3.63) is 34.6 Å². The fourth-order valence-electron chi connectivity index (χ4n) is 1.18. The smallest absolute Gasteiger partial charge is 0.132 e. The Hall–Kier alpha value is -0.890. The number of carbonyl (C=O) groups excluding carboxylic acids is 1. The minimum Gasteiger partial charge on any atom is -0.300 e. The molecule has 0 atom stereocenters. The van der Waals surface area contributed by atoms with Gasteiger partial charge in [-0.2, -0.15) is 0 Å². The molecule has 0 heterocycles. The van der Waals surface area contributed by atoms with E-state index in [1.54, 1.807) is 6.07 Å². The van der Waals surface area contributed by atoms with Crippen LogP contribution in [-0.2, 0) is 11.2 Å². The summed E-state index contributed by atoms with van der Waals surface area (Å²) in [4.78, 5) is 11.0. The van der Waals surface area contributed by atoms with Crippen LogP contribution in [0.1, 0.15) is 25.3 Å². The maximum absolute atomic E-state index is 12.7. The second-order valence-corrected chi connectivity index (χ2v) is 3.54. The predicted molar refractivity (Wildman–Crippen MR) is 55.0 cm³/mol. The van der Waals surface area contributed by atoms with Gasteiger partial charge in [0.05, 0.1) is 0 Å². The Morgan fingerprint density at radius 2 is 2.21 bits per heavy atom. The topological polar surface area (TPSA) is 17.1 Å². The lowest BCUT2D eigenvalue weighted by atomic mass is 10.1. The summed E-state index contributed by atoms with van der Waals surface area (Å²) < 4.78 is 12.7. The number of carbonyl (C=O) groups is 1. The van der Waals surface area contributed by atoms with Gasteiger partial charge in [-0.15, -0.1) is 0 Å². The second-order valence-electron chi connectivity index (χ2n) is 3.13. The average Bonchev–Trinajstić information content (AvgIpc) is 2.16. The zero-order chi connectivity index (χ0) is 10.6. The number of hydrogen-bond acceptors (Lipinski definition) is 1. The molecular weight excluding hydrogens is 203 g/mol. The van der Waals surface area contributed by atoms with Crippen LogP contribution in [0, 0.1) is 5.82 Å². The van der Waals surface area contributed by atoms with E-state index < -0.39 is 0 Å². The van der Waals surface area contributed by atoms with Crippen LogP contribution in [0.15, 0.2) is 18.2 Å². The number of aryl methyl sites for hydroxylation is 1. The van der Waals surface area contributed by atoms with Gasteiger partial charge < -0.3 is 0 Å². The van der Waals surface area contributed by atoms with Gasteiger partial charge >= 0.3 is 0 Å². The van der Waals surface area contributed by atoms with Crippen molar-refractivity contribution in [1.29, 1.82) is 0 Å². The Morgan fingerprint density at radius 3 is 2.79 bits per heavy atom. The number of ketones is 1. The van der Waals surface area contributed by atoms with Gasteiger partial charge in [0.2, 0.25) is 0 Å². The lowest BCUT2D eigenvalue weighted by Crippen LogP contribution is -1.98. The van der Waals surface area contributed by atoms with Gasteiger partial charge in [-0.25, -0.2) is 4.39 Å². The maximum Gasteiger partial charge on any atom is 0.132 e. The van der Waals surface area contributed by atoms with Gasteiger partial charge in [0.1, 0.15) is 11.6 Å². The summed E-state index contributed by atoms with van der Waals surface area (Å²) in [7, 11) is 0. The van der Waals surface area contributed by atoms with E-state index in [0.29, 0.717) is 24.3 Å². The minimum absolute atomic E-state index is 0.199. The molecule has 0 spiro atoms. The van der Waals surface area contributed by atoms with E-state index in [9.17, 15) is 9.18 Å². The van der Waals surface area contributed by atoms with Crippen LogP contribution in [0.5, 0.6) is 0 Å². The molecule has 1 nitrogen and oxygen atoms in total. The zero-order valence-corrected chi connectivity index (χ0v) is 8.77. The van der Waals surface area contributed by atoms with Gasteiger partial charge in [0.15, 0.2) is 0 Å². The molecule has 0 saturated carbocycles. The van der Waals surface area contributed by atoms with Gasteiger partial charge in [0, 0.05) is 17.9 Å². The quantitative estimate of drug-likeness (QED) is 0.751. The SMILES string of the molecule is CCC(=O)CCc1ccc(F)cc1Cl. The molecule has 0 aliphatic carbocycles. The number of rotatable bonds is 4. The number of hydrogen-bond donors (Lipinski definition) is 0. The summed E-state index contributed by atoms with van der Waals surface area (Å²) in [5.41, 5.74) is 0.829. The summed E-state index contributed by atoms with van der Waals surface area (Å²) in [5.74, 6) is -0.147. The molecule has 14 heavy (non-hydrogen) atoms. The van der Waals surface area contributed by atoms with E-state index >= 15 is 0 Å². The van der Waals surface area contributed by atoms with E-state index in [-0.39, 0.29) is 11.6 Å². The predicted octanol–water partition coefficient (Wildman–Crippen LogP) is 3.39. The van der Waals surface area contributed by atoms with E-state index in [1.165, 1.54) is 12.1 Å². The van der Waals surface area contributed by atoms with Crippen molar-refractivity contribution in [1.82, 2.24) is 0 Å². The van der Waals surface area contributed by atoms with E-state index in [1.807, 2.05) is 6.92 Å². The molecule has 0 fully saturated rings. The summed E-state index contributed by atoms with van der Waals surface area (Å²) >= 11 is 5.80. The molecule has 1 aromatic carbocycles. The van der Waals surface area contributed by atoms with Crippen molar-refractivity contribution in [2.45, 2.75) is 26.2 Å². The lowest BCUT2D eigenvalue weighted by Gasteiger charge is -2.02. The van der Waals surface area contributed by atoms with Crippen LogP contribution in [0.4, 0.5) is 4.39 Å². The van der Waals surface area contributed by atoms with E-state index in [2.05, 4.69) is 0 Å². The van der Waals surface area contributed by atoms with Crippen LogP contribution in [-0.4, -0.2) is 5.78 Å². The summed E-state index contributed by atoms with van der Waals surface area (Å²) in [6.45, 7) is 1.83. The molecule has 3 heteroatoms. The fourth-order valence-corrected chi connectivity index (χ4v) is 1.44. The van der Waals surface area contributed by atoms with Crippen LogP contribution < -0.4 is 0 Å². The van der Waals surface area contributed by atoms with Crippen LogP contribution in [0.3, 0.4) is 0 Å². The van der Waals surface area contributed by atoms with Gasteiger partial charge in [-0.3, -0.25) is 4.79 Å². The van der Waals surface area contributed by atoms with Crippen molar-refractivity contribution in [2.24, 2.45) is 0 Å². The Labute approximate surface area is 87.9 Å². The normalized spacial score (nSPS) is 10.2.